The molecule has 0 spiro atoms. The molecule has 1 fully saturated rings. The van der Waals surface area contributed by atoms with Gasteiger partial charge in [0.05, 0.1) is 0 Å². The van der Waals surface area contributed by atoms with E-state index in [1.165, 1.54) is 12.8 Å². The van der Waals surface area contributed by atoms with Gasteiger partial charge in [-0.05, 0) is 36.5 Å². The maximum atomic E-state index is 8.85. The molecule has 1 aliphatic carbocycles. The molecule has 0 aromatic carbocycles. The van der Waals surface area contributed by atoms with Gasteiger partial charge in [-0.2, -0.15) is 0 Å². The van der Waals surface area contributed by atoms with Gasteiger partial charge in [0, 0.05) is 6.61 Å². The minimum atomic E-state index is 0.362. The summed E-state index contributed by atoms with van der Waals surface area (Å²) in [4.78, 5) is 0. The molecule has 0 bridgehead atoms. The van der Waals surface area contributed by atoms with Crippen molar-refractivity contribution in [3.63, 3.8) is 0 Å². The normalized spacial score (nSPS) is 36.0. The second kappa shape index (κ2) is 3.14. The molecule has 1 nitrogen and oxygen atoms in total. The van der Waals surface area contributed by atoms with E-state index < -0.39 is 0 Å². The molecule has 2 atom stereocenters. The summed E-state index contributed by atoms with van der Waals surface area (Å²) < 4.78 is 0. The molecule has 0 unspecified atom stereocenters. The zero-order valence-electron chi connectivity index (χ0n) is 7.93. The van der Waals surface area contributed by atoms with Crippen LogP contribution in [0.2, 0.25) is 0 Å². The van der Waals surface area contributed by atoms with E-state index >= 15 is 0 Å². The van der Waals surface area contributed by atoms with E-state index in [2.05, 4.69) is 20.8 Å². The molecule has 1 aliphatic rings. The number of aliphatic hydroxyl groups is 1. The van der Waals surface area contributed by atoms with Crippen molar-refractivity contribution in [1.82, 2.24) is 0 Å². The van der Waals surface area contributed by atoms with Crippen LogP contribution in [0.4, 0.5) is 0 Å². The lowest BCUT2D eigenvalue weighted by Crippen LogP contribution is -2.23. The zero-order chi connectivity index (χ0) is 8.48. The van der Waals surface area contributed by atoms with Crippen LogP contribution in [-0.4, -0.2) is 11.7 Å². The molecule has 1 rings (SSSR count). The summed E-state index contributed by atoms with van der Waals surface area (Å²) in [5.41, 5.74) is 0.461. The van der Waals surface area contributed by atoms with Crippen LogP contribution in [0.3, 0.4) is 0 Å². The quantitative estimate of drug-likeness (QED) is 0.651. The van der Waals surface area contributed by atoms with Gasteiger partial charge < -0.3 is 5.11 Å². The number of rotatable bonds is 2. The molecular formula is C10H20O. The first-order chi connectivity index (χ1) is 5.09. The Morgan fingerprint density at radius 3 is 2.36 bits per heavy atom. The van der Waals surface area contributed by atoms with Crippen LogP contribution in [-0.2, 0) is 0 Å². The second-order valence-electron chi connectivity index (χ2n) is 4.51. The molecule has 1 N–H and O–H groups in total. The van der Waals surface area contributed by atoms with Crippen molar-refractivity contribution < 1.29 is 5.11 Å². The zero-order valence-corrected chi connectivity index (χ0v) is 7.93. The van der Waals surface area contributed by atoms with Gasteiger partial charge in [-0.3, -0.25) is 0 Å². The van der Waals surface area contributed by atoms with Gasteiger partial charge in [-0.15, -0.1) is 0 Å². The van der Waals surface area contributed by atoms with Crippen LogP contribution in [0, 0.1) is 17.3 Å². The van der Waals surface area contributed by atoms with E-state index in [1.54, 1.807) is 0 Å². The largest absolute Gasteiger partial charge is 0.396 e. The van der Waals surface area contributed by atoms with Gasteiger partial charge in [0.2, 0.25) is 0 Å². The topological polar surface area (TPSA) is 20.2 Å². The number of aliphatic hydroxyl groups excluding tert-OH is 1. The molecule has 1 heteroatoms. The number of hydrogen-bond acceptors (Lipinski definition) is 1. The standard InChI is InChI=1S/C10H20O/c1-8-4-5-9(6-7-11)10(8,2)3/h8-9,11H,4-7H2,1-3H3/t8-,9-/m0/s1. The van der Waals surface area contributed by atoms with Gasteiger partial charge >= 0.3 is 0 Å². The van der Waals surface area contributed by atoms with E-state index in [9.17, 15) is 0 Å². The average Bonchev–Trinajstić information content (AvgIpc) is 2.16. The first-order valence-corrected chi connectivity index (χ1v) is 4.70. The van der Waals surface area contributed by atoms with Crippen LogP contribution >= 0.6 is 0 Å². The van der Waals surface area contributed by atoms with E-state index in [0.29, 0.717) is 12.0 Å². The summed E-state index contributed by atoms with van der Waals surface area (Å²) in [7, 11) is 0. The Morgan fingerprint density at radius 1 is 1.36 bits per heavy atom. The Bertz CT molecular complexity index is 127. The lowest BCUT2D eigenvalue weighted by Gasteiger charge is -2.30. The van der Waals surface area contributed by atoms with Gasteiger partial charge in [0.1, 0.15) is 0 Å². The Hall–Kier alpha value is -0.0400. The molecule has 11 heavy (non-hydrogen) atoms. The summed E-state index contributed by atoms with van der Waals surface area (Å²) in [6.07, 6.45) is 3.66. The van der Waals surface area contributed by atoms with Crippen molar-refractivity contribution in [2.45, 2.75) is 40.0 Å². The molecule has 0 radical (unpaired) electrons. The van der Waals surface area contributed by atoms with Gasteiger partial charge in [0.15, 0.2) is 0 Å². The highest BCUT2D eigenvalue weighted by Crippen LogP contribution is 2.48. The van der Waals surface area contributed by atoms with Crippen LogP contribution in [0.25, 0.3) is 0 Å². The first kappa shape index (κ1) is 9.05. The molecule has 0 aromatic rings. The molecule has 0 heterocycles. The van der Waals surface area contributed by atoms with Crippen molar-refractivity contribution in [2.75, 3.05) is 6.61 Å². The van der Waals surface area contributed by atoms with Crippen molar-refractivity contribution in [3.05, 3.63) is 0 Å². The summed E-state index contributed by atoms with van der Waals surface area (Å²) in [6.45, 7) is 7.37. The second-order valence-corrected chi connectivity index (χ2v) is 4.51. The Kier molecular flexibility index (Phi) is 2.58. The van der Waals surface area contributed by atoms with E-state index in [-0.39, 0.29) is 0 Å². The molecule has 0 saturated heterocycles. The fourth-order valence-corrected chi connectivity index (χ4v) is 2.27. The highest BCUT2D eigenvalue weighted by Gasteiger charge is 2.39. The van der Waals surface area contributed by atoms with Crippen LogP contribution < -0.4 is 0 Å². The van der Waals surface area contributed by atoms with Crippen molar-refractivity contribution in [1.29, 1.82) is 0 Å². The predicted octanol–water partition coefficient (Wildman–Crippen LogP) is 2.44. The van der Waals surface area contributed by atoms with Crippen molar-refractivity contribution >= 4 is 0 Å². The minimum absolute atomic E-state index is 0.362. The Balaban J connectivity index is 2.55. The smallest absolute Gasteiger partial charge is 0.0433 e. The minimum Gasteiger partial charge on any atom is -0.396 e. The van der Waals surface area contributed by atoms with Crippen LogP contribution in [0.1, 0.15) is 40.0 Å². The lowest BCUT2D eigenvalue weighted by molar-refractivity contribution is 0.156. The third kappa shape index (κ3) is 1.58. The van der Waals surface area contributed by atoms with E-state index in [0.717, 1.165) is 18.3 Å². The summed E-state index contributed by atoms with van der Waals surface area (Å²) in [6, 6.07) is 0. The highest BCUT2D eigenvalue weighted by molar-refractivity contribution is 4.89. The van der Waals surface area contributed by atoms with Crippen LogP contribution in [0.5, 0.6) is 0 Å². The Labute approximate surface area is 69.8 Å². The maximum absolute atomic E-state index is 8.85. The lowest BCUT2D eigenvalue weighted by atomic mass is 9.75. The summed E-state index contributed by atoms with van der Waals surface area (Å²) in [5.74, 6) is 1.58. The monoisotopic (exact) mass is 156 g/mol. The van der Waals surface area contributed by atoms with Crippen LogP contribution in [0.15, 0.2) is 0 Å². The highest BCUT2D eigenvalue weighted by atomic mass is 16.3. The SMILES string of the molecule is C[C@H]1CC[C@@H](CCO)C1(C)C. The molecule has 0 aliphatic heterocycles. The van der Waals surface area contributed by atoms with Gasteiger partial charge in [-0.1, -0.05) is 20.8 Å². The van der Waals surface area contributed by atoms with E-state index in [1.807, 2.05) is 0 Å². The summed E-state index contributed by atoms with van der Waals surface area (Å²) in [5, 5.41) is 8.85. The molecule has 66 valence electrons. The van der Waals surface area contributed by atoms with Crippen molar-refractivity contribution in [2.24, 2.45) is 17.3 Å². The first-order valence-electron chi connectivity index (χ1n) is 4.70. The third-order valence-electron chi connectivity index (χ3n) is 3.75. The van der Waals surface area contributed by atoms with Gasteiger partial charge in [-0.25, -0.2) is 0 Å². The van der Waals surface area contributed by atoms with E-state index in [4.69, 9.17) is 5.11 Å². The maximum Gasteiger partial charge on any atom is 0.0433 e. The average molecular weight is 156 g/mol. The Morgan fingerprint density at radius 2 is 2.00 bits per heavy atom. The number of hydrogen-bond donors (Lipinski definition) is 1. The predicted molar refractivity (Wildman–Crippen MR) is 47.4 cm³/mol. The fourth-order valence-electron chi connectivity index (χ4n) is 2.27. The molecule has 0 aromatic heterocycles. The fraction of sp³-hybridized carbons (Fsp3) is 1.00. The molecule has 0 amide bonds. The van der Waals surface area contributed by atoms with Crippen molar-refractivity contribution in [3.8, 4) is 0 Å². The third-order valence-corrected chi connectivity index (χ3v) is 3.75. The molecular weight excluding hydrogens is 136 g/mol. The summed E-state index contributed by atoms with van der Waals surface area (Å²) >= 11 is 0. The van der Waals surface area contributed by atoms with Gasteiger partial charge in [0.25, 0.3) is 0 Å². The molecule has 1 saturated carbocycles.